The monoisotopic (exact) mass is 622 g/mol. The van der Waals surface area contributed by atoms with E-state index in [1.54, 1.807) is 28.4 Å². The SMILES string of the molecule is COc1c2cc3c(c1OC)CCN(C)[C@@H]3Cc1ccc(cc1)Oc1cc3c(c(OC)c1OC)CCN(C)[C@@H]3Cc1ccc(cc1)O2. The van der Waals surface area contributed by atoms with Gasteiger partial charge in [-0.15, -0.1) is 0 Å². The highest BCUT2D eigenvalue weighted by Gasteiger charge is 2.33. The maximum Gasteiger partial charge on any atom is 0.204 e. The van der Waals surface area contributed by atoms with Crippen LogP contribution in [0.5, 0.6) is 46.0 Å². The minimum absolute atomic E-state index is 0.129. The average molecular weight is 623 g/mol. The van der Waals surface area contributed by atoms with E-state index in [4.69, 9.17) is 28.4 Å². The Balaban J connectivity index is 1.38. The van der Waals surface area contributed by atoms with Crippen LogP contribution in [-0.4, -0.2) is 65.4 Å². The molecule has 0 aromatic heterocycles. The first-order valence-corrected chi connectivity index (χ1v) is 15.9. The van der Waals surface area contributed by atoms with Gasteiger partial charge in [-0.2, -0.15) is 0 Å². The van der Waals surface area contributed by atoms with Crippen LogP contribution in [0.2, 0.25) is 0 Å². The lowest BCUT2D eigenvalue weighted by atomic mass is 9.87. The van der Waals surface area contributed by atoms with Gasteiger partial charge in [0, 0.05) is 36.3 Å². The molecule has 4 aromatic carbocycles. The van der Waals surface area contributed by atoms with Crippen LogP contribution in [0.15, 0.2) is 60.7 Å². The molecule has 0 unspecified atom stereocenters. The Morgan fingerprint density at radius 2 is 0.913 bits per heavy atom. The maximum atomic E-state index is 6.56. The zero-order valence-electron chi connectivity index (χ0n) is 27.5. The van der Waals surface area contributed by atoms with Gasteiger partial charge in [0.05, 0.1) is 28.4 Å². The predicted octanol–water partition coefficient (Wildman–Crippen LogP) is 7.16. The van der Waals surface area contributed by atoms with Gasteiger partial charge in [-0.3, -0.25) is 9.80 Å². The minimum atomic E-state index is 0.129. The third-order valence-electron chi connectivity index (χ3n) is 9.87. The maximum absolute atomic E-state index is 6.56. The highest BCUT2D eigenvalue weighted by molar-refractivity contribution is 5.63. The molecule has 0 amide bonds. The number of methoxy groups -OCH3 is 4. The van der Waals surface area contributed by atoms with Gasteiger partial charge in [0.15, 0.2) is 23.0 Å². The quantitative estimate of drug-likeness (QED) is 0.238. The fourth-order valence-corrected chi connectivity index (χ4v) is 7.41. The van der Waals surface area contributed by atoms with Gasteiger partial charge in [0.1, 0.15) is 11.5 Å². The lowest BCUT2D eigenvalue weighted by Crippen LogP contribution is -2.34. The van der Waals surface area contributed by atoms with Crippen LogP contribution in [0.4, 0.5) is 0 Å². The predicted molar refractivity (Wildman–Crippen MR) is 178 cm³/mol. The molecule has 8 heteroatoms. The van der Waals surface area contributed by atoms with Crippen molar-refractivity contribution in [2.45, 2.75) is 37.8 Å². The Morgan fingerprint density at radius 1 is 0.543 bits per heavy atom. The smallest absolute Gasteiger partial charge is 0.204 e. The van der Waals surface area contributed by atoms with E-state index < -0.39 is 0 Å². The first-order valence-electron chi connectivity index (χ1n) is 15.9. The molecule has 8 bridgehead atoms. The summed E-state index contributed by atoms with van der Waals surface area (Å²) in [6.45, 7) is 1.83. The molecular formula is C38H42N2O6. The number of rotatable bonds is 4. The van der Waals surface area contributed by atoms with Crippen molar-refractivity contribution >= 4 is 0 Å². The van der Waals surface area contributed by atoms with E-state index >= 15 is 0 Å². The third kappa shape index (κ3) is 5.29. The molecule has 6 aliphatic heterocycles. The van der Waals surface area contributed by atoms with E-state index in [9.17, 15) is 0 Å². The Morgan fingerprint density at radius 3 is 1.26 bits per heavy atom. The number of hydrogen-bond acceptors (Lipinski definition) is 8. The highest BCUT2D eigenvalue weighted by Crippen LogP contribution is 2.50. The second-order valence-corrected chi connectivity index (χ2v) is 12.4. The largest absolute Gasteiger partial charge is 0.492 e. The number of hydrogen-bond donors (Lipinski definition) is 0. The van der Waals surface area contributed by atoms with Crippen molar-refractivity contribution in [3.05, 3.63) is 94.0 Å². The fourth-order valence-electron chi connectivity index (χ4n) is 7.41. The summed E-state index contributed by atoms with van der Waals surface area (Å²) in [5.41, 5.74) is 7.13. The molecule has 10 rings (SSSR count). The molecule has 46 heavy (non-hydrogen) atoms. The number of nitrogens with zero attached hydrogens (tertiary/aromatic N) is 2. The van der Waals surface area contributed by atoms with E-state index in [0.717, 1.165) is 61.8 Å². The van der Waals surface area contributed by atoms with Gasteiger partial charge < -0.3 is 28.4 Å². The summed E-state index contributed by atoms with van der Waals surface area (Å²) in [6, 6.07) is 21.3. The van der Waals surface area contributed by atoms with Gasteiger partial charge in [-0.05, 0) is 98.4 Å². The molecule has 6 heterocycles. The summed E-state index contributed by atoms with van der Waals surface area (Å²) in [7, 11) is 11.1. The normalized spacial score (nSPS) is 19.2. The van der Waals surface area contributed by atoms with Gasteiger partial charge in [0.25, 0.3) is 0 Å². The van der Waals surface area contributed by atoms with E-state index in [1.807, 2.05) is 24.3 Å². The molecule has 0 fully saturated rings. The van der Waals surface area contributed by atoms with E-state index in [0.29, 0.717) is 23.0 Å². The third-order valence-corrected chi connectivity index (χ3v) is 9.87. The van der Waals surface area contributed by atoms with Crippen molar-refractivity contribution in [1.82, 2.24) is 9.80 Å². The van der Waals surface area contributed by atoms with Crippen molar-refractivity contribution in [3.8, 4) is 46.0 Å². The van der Waals surface area contributed by atoms with Crippen LogP contribution >= 0.6 is 0 Å². The Kier molecular flexibility index (Phi) is 8.17. The summed E-state index contributed by atoms with van der Waals surface area (Å²) in [4.78, 5) is 4.81. The van der Waals surface area contributed by atoms with Crippen molar-refractivity contribution in [2.75, 3.05) is 55.6 Å². The molecule has 0 radical (unpaired) electrons. The molecular weight excluding hydrogens is 580 g/mol. The van der Waals surface area contributed by atoms with Crippen molar-refractivity contribution in [1.29, 1.82) is 0 Å². The summed E-state index contributed by atoms with van der Waals surface area (Å²) < 4.78 is 36.9. The van der Waals surface area contributed by atoms with Crippen LogP contribution in [0.25, 0.3) is 0 Å². The lowest BCUT2D eigenvalue weighted by Gasteiger charge is -2.36. The molecule has 0 spiro atoms. The van der Waals surface area contributed by atoms with E-state index in [2.05, 4.69) is 60.3 Å². The first kappa shape index (κ1) is 30.3. The molecule has 2 atom stereocenters. The molecule has 8 nitrogen and oxygen atoms in total. The second-order valence-electron chi connectivity index (χ2n) is 12.4. The summed E-state index contributed by atoms with van der Waals surface area (Å²) in [5, 5.41) is 0. The van der Waals surface area contributed by atoms with Crippen molar-refractivity contribution in [3.63, 3.8) is 0 Å². The average Bonchev–Trinajstić information content (AvgIpc) is 3.07. The molecule has 0 N–H and O–H groups in total. The highest BCUT2D eigenvalue weighted by atomic mass is 16.5. The molecule has 0 saturated carbocycles. The van der Waals surface area contributed by atoms with Crippen molar-refractivity contribution in [2.24, 2.45) is 0 Å². The van der Waals surface area contributed by atoms with Crippen LogP contribution in [-0.2, 0) is 25.7 Å². The molecule has 6 aliphatic rings. The number of ether oxygens (including phenoxy) is 6. The van der Waals surface area contributed by atoms with Gasteiger partial charge in [0.2, 0.25) is 11.5 Å². The van der Waals surface area contributed by atoms with Gasteiger partial charge >= 0.3 is 0 Å². The topological polar surface area (TPSA) is 61.9 Å². The summed E-state index contributed by atoms with van der Waals surface area (Å²) >= 11 is 0. The lowest BCUT2D eigenvalue weighted by molar-refractivity contribution is 0.223. The van der Waals surface area contributed by atoms with Crippen molar-refractivity contribution < 1.29 is 28.4 Å². The minimum Gasteiger partial charge on any atom is -0.492 e. The van der Waals surface area contributed by atoms with Crippen LogP contribution in [0.1, 0.15) is 45.5 Å². The fraction of sp³-hybridized carbons (Fsp3) is 0.368. The van der Waals surface area contributed by atoms with Gasteiger partial charge in [-0.25, -0.2) is 0 Å². The Labute approximate surface area is 271 Å². The summed E-state index contributed by atoms with van der Waals surface area (Å²) in [6.07, 6.45) is 3.37. The first-order chi connectivity index (χ1) is 22.4. The van der Waals surface area contributed by atoms with Crippen LogP contribution < -0.4 is 28.4 Å². The van der Waals surface area contributed by atoms with Gasteiger partial charge in [-0.1, -0.05) is 24.3 Å². The van der Waals surface area contributed by atoms with E-state index in [1.165, 1.54) is 33.4 Å². The standard InChI is InChI=1S/C38H42N2O6/c1-39-17-15-27-29-21-33(37(43-5)35(27)41-3)45-26-13-9-24(10-14-26)20-32-30-22-34(46-25-11-7-23(8-12-25)19-31(29)39)38(44-6)36(42-4)28(30)16-18-40(32)2/h7-14,21-22,31-32H,15-20H2,1-6H3/t31-,32-/m1/s1. The Hall–Kier alpha value is -4.40. The zero-order valence-corrected chi connectivity index (χ0v) is 27.5. The Bertz CT molecular complexity index is 1610. The number of benzene rings is 4. The van der Waals surface area contributed by atoms with E-state index in [-0.39, 0.29) is 12.1 Å². The summed E-state index contributed by atoms with van der Waals surface area (Å²) in [5.74, 6) is 5.53. The molecule has 0 aliphatic carbocycles. The number of likely N-dealkylation sites (N-methyl/N-ethyl adjacent to an activating group) is 2. The molecule has 4 aromatic rings. The molecule has 240 valence electrons. The second kappa shape index (κ2) is 12.4. The molecule has 0 saturated heterocycles. The zero-order chi connectivity index (χ0) is 31.9. The van der Waals surface area contributed by atoms with Crippen LogP contribution in [0, 0.1) is 0 Å². The van der Waals surface area contributed by atoms with Crippen LogP contribution in [0.3, 0.4) is 0 Å².